The van der Waals surface area contributed by atoms with Gasteiger partial charge in [-0.25, -0.2) is 0 Å². The van der Waals surface area contributed by atoms with Gasteiger partial charge in [-0.2, -0.15) is 0 Å². The van der Waals surface area contributed by atoms with Crippen LogP contribution in [0.1, 0.15) is 16.8 Å². The monoisotopic (exact) mass is 474 g/mol. The minimum atomic E-state index is -0.450. The fourth-order valence-corrected chi connectivity index (χ4v) is 3.01. The minimum absolute atomic E-state index is 0.392. The van der Waals surface area contributed by atoms with Crippen molar-refractivity contribution in [1.82, 2.24) is 10.2 Å². The van der Waals surface area contributed by atoms with Crippen molar-refractivity contribution >= 4 is 50.1 Å². The smallest absolute Gasteiger partial charge is 0.249 e. The molecule has 0 saturated heterocycles. The van der Waals surface area contributed by atoms with Crippen LogP contribution in [0.3, 0.4) is 0 Å². The number of benzene rings is 2. The average Bonchev–Trinajstić information content (AvgIpc) is 2.99. The van der Waals surface area contributed by atoms with Crippen LogP contribution in [-0.2, 0) is 0 Å². The molecule has 1 atom stereocenters. The molecule has 2 aromatic carbocycles. The first-order valence-corrected chi connectivity index (χ1v) is 8.44. The van der Waals surface area contributed by atoms with E-state index in [0.717, 1.165) is 19.2 Å². The topological polar surface area (TPSA) is 38.9 Å². The molecule has 0 bridgehead atoms. The third-order valence-corrected chi connectivity index (χ3v) is 4.71. The Morgan fingerprint density at radius 2 is 1.86 bits per heavy atom. The number of rotatable bonds is 3. The number of halogens is 3. The van der Waals surface area contributed by atoms with Crippen LogP contribution in [0.2, 0.25) is 0 Å². The lowest BCUT2D eigenvalue weighted by molar-refractivity contribution is 0.513. The molecular formula is C15H9BrClIN2O. The Morgan fingerprint density at radius 3 is 2.62 bits per heavy atom. The summed E-state index contributed by atoms with van der Waals surface area (Å²) in [5, 5.41) is 7.72. The third-order valence-electron chi connectivity index (χ3n) is 2.91. The van der Waals surface area contributed by atoms with Gasteiger partial charge in [-0.1, -0.05) is 30.3 Å². The Hall–Kier alpha value is -0.920. The Kier molecular flexibility index (Phi) is 4.61. The second kappa shape index (κ2) is 6.46. The summed E-state index contributed by atoms with van der Waals surface area (Å²) in [4.78, 5) is 0. The van der Waals surface area contributed by atoms with E-state index in [1.54, 1.807) is 0 Å². The van der Waals surface area contributed by atoms with Gasteiger partial charge in [0.25, 0.3) is 0 Å². The molecular weight excluding hydrogens is 466 g/mol. The number of alkyl halides is 1. The fraction of sp³-hybridized carbons (Fsp3) is 0.0667. The lowest BCUT2D eigenvalue weighted by Gasteiger charge is -2.04. The molecule has 1 unspecified atom stereocenters. The number of nitrogens with zero attached hydrogens (tertiary/aromatic N) is 2. The standard InChI is InChI=1S/C15H9BrClIN2O/c16-12-7-6-10(18)8-11(12)14-19-20-15(21-14)13(17)9-4-2-1-3-5-9/h1-8,13H. The molecule has 3 aromatic rings. The van der Waals surface area contributed by atoms with E-state index in [2.05, 4.69) is 48.7 Å². The molecule has 0 amide bonds. The van der Waals surface area contributed by atoms with E-state index in [1.165, 1.54) is 0 Å². The van der Waals surface area contributed by atoms with Crippen molar-refractivity contribution in [3.05, 3.63) is 68.0 Å². The maximum Gasteiger partial charge on any atom is 0.249 e. The first kappa shape index (κ1) is 15.0. The van der Waals surface area contributed by atoms with Crippen molar-refractivity contribution in [3.8, 4) is 11.5 Å². The molecule has 0 aliphatic carbocycles. The Balaban J connectivity index is 1.95. The molecule has 6 heteroatoms. The zero-order chi connectivity index (χ0) is 14.8. The van der Waals surface area contributed by atoms with Crippen molar-refractivity contribution in [2.45, 2.75) is 5.38 Å². The van der Waals surface area contributed by atoms with Crippen molar-refractivity contribution in [3.63, 3.8) is 0 Å². The highest BCUT2D eigenvalue weighted by Gasteiger charge is 2.19. The molecule has 0 N–H and O–H groups in total. The molecule has 21 heavy (non-hydrogen) atoms. The molecule has 0 aliphatic rings. The highest BCUT2D eigenvalue weighted by Crippen LogP contribution is 2.33. The summed E-state index contributed by atoms with van der Waals surface area (Å²) in [5.74, 6) is 0.848. The van der Waals surface area contributed by atoms with Gasteiger partial charge in [0.05, 0.1) is 5.56 Å². The van der Waals surface area contributed by atoms with E-state index in [-0.39, 0.29) is 0 Å². The normalized spacial score (nSPS) is 12.3. The van der Waals surface area contributed by atoms with Gasteiger partial charge in [0, 0.05) is 8.04 Å². The van der Waals surface area contributed by atoms with Crippen LogP contribution >= 0.6 is 50.1 Å². The first-order valence-electron chi connectivity index (χ1n) is 6.13. The highest BCUT2D eigenvalue weighted by atomic mass is 127. The summed E-state index contributed by atoms with van der Waals surface area (Å²) in [7, 11) is 0. The van der Waals surface area contributed by atoms with E-state index in [9.17, 15) is 0 Å². The van der Waals surface area contributed by atoms with Crippen LogP contribution < -0.4 is 0 Å². The van der Waals surface area contributed by atoms with Gasteiger partial charge in [-0.15, -0.1) is 21.8 Å². The van der Waals surface area contributed by atoms with Crippen molar-refractivity contribution < 1.29 is 4.42 Å². The van der Waals surface area contributed by atoms with Crippen molar-refractivity contribution in [2.24, 2.45) is 0 Å². The van der Waals surface area contributed by atoms with Gasteiger partial charge in [-0.05, 0) is 62.3 Å². The Morgan fingerprint density at radius 1 is 1.10 bits per heavy atom. The van der Waals surface area contributed by atoms with Crippen molar-refractivity contribution in [2.75, 3.05) is 0 Å². The van der Waals surface area contributed by atoms with Crippen LogP contribution in [0.15, 0.2) is 57.4 Å². The van der Waals surface area contributed by atoms with Gasteiger partial charge in [-0.3, -0.25) is 0 Å². The van der Waals surface area contributed by atoms with Crippen LogP contribution in [0, 0.1) is 3.57 Å². The third kappa shape index (κ3) is 3.30. The largest absolute Gasteiger partial charge is 0.419 e. The highest BCUT2D eigenvalue weighted by molar-refractivity contribution is 14.1. The molecule has 3 rings (SSSR count). The molecule has 0 fully saturated rings. The summed E-state index contributed by atoms with van der Waals surface area (Å²) in [6.07, 6.45) is 0. The van der Waals surface area contributed by atoms with Gasteiger partial charge in [0.15, 0.2) is 0 Å². The lowest BCUT2D eigenvalue weighted by atomic mass is 10.1. The predicted molar refractivity (Wildman–Crippen MR) is 94.3 cm³/mol. The SMILES string of the molecule is ClC(c1ccccc1)c1nnc(-c2cc(I)ccc2Br)o1. The molecule has 1 aromatic heterocycles. The van der Waals surface area contributed by atoms with Crippen LogP contribution in [-0.4, -0.2) is 10.2 Å². The zero-order valence-electron chi connectivity index (χ0n) is 10.6. The minimum Gasteiger partial charge on any atom is -0.419 e. The van der Waals surface area contributed by atoms with Gasteiger partial charge >= 0.3 is 0 Å². The summed E-state index contributed by atoms with van der Waals surface area (Å²) >= 11 is 12.1. The van der Waals surface area contributed by atoms with Gasteiger partial charge in [0.2, 0.25) is 11.8 Å². The van der Waals surface area contributed by atoms with E-state index >= 15 is 0 Å². The Labute approximate surface area is 149 Å². The summed E-state index contributed by atoms with van der Waals surface area (Å²) in [5.41, 5.74) is 1.79. The maximum atomic E-state index is 6.39. The number of hydrogen-bond acceptors (Lipinski definition) is 3. The molecule has 0 saturated carbocycles. The molecule has 3 nitrogen and oxygen atoms in total. The second-order valence-electron chi connectivity index (χ2n) is 4.34. The van der Waals surface area contributed by atoms with E-state index in [4.69, 9.17) is 16.0 Å². The predicted octanol–water partition coefficient (Wildman–Crippen LogP) is 5.43. The first-order chi connectivity index (χ1) is 10.1. The van der Waals surface area contributed by atoms with Crippen LogP contribution in [0.25, 0.3) is 11.5 Å². The number of aromatic nitrogens is 2. The van der Waals surface area contributed by atoms with E-state index in [0.29, 0.717) is 11.8 Å². The second-order valence-corrected chi connectivity index (χ2v) is 6.88. The fourth-order valence-electron chi connectivity index (χ4n) is 1.87. The molecule has 106 valence electrons. The quantitative estimate of drug-likeness (QED) is 0.375. The molecule has 0 radical (unpaired) electrons. The average molecular weight is 476 g/mol. The van der Waals surface area contributed by atoms with Crippen LogP contribution in [0.4, 0.5) is 0 Å². The maximum absolute atomic E-state index is 6.39. The molecule has 0 spiro atoms. The van der Waals surface area contributed by atoms with E-state index < -0.39 is 5.38 Å². The zero-order valence-corrected chi connectivity index (χ0v) is 15.1. The summed E-state index contributed by atoms with van der Waals surface area (Å²) in [6.45, 7) is 0. The Bertz CT molecular complexity index is 763. The van der Waals surface area contributed by atoms with Crippen molar-refractivity contribution in [1.29, 1.82) is 0 Å². The summed E-state index contributed by atoms with van der Waals surface area (Å²) < 4.78 is 7.73. The molecule has 1 heterocycles. The molecule has 0 aliphatic heterocycles. The number of hydrogen-bond donors (Lipinski definition) is 0. The summed E-state index contributed by atoms with van der Waals surface area (Å²) in [6, 6.07) is 15.6. The lowest BCUT2D eigenvalue weighted by Crippen LogP contribution is -1.92. The van der Waals surface area contributed by atoms with E-state index in [1.807, 2.05) is 48.5 Å². The van der Waals surface area contributed by atoms with Gasteiger partial charge < -0.3 is 4.42 Å². The van der Waals surface area contributed by atoms with Gasteiger partial charge in [0.1, 0.15) is 5.38 Å². The van der Waals surface area contributed by atoms with Crippen LogP contribution in [0.5, 0.6) is 0 Å².